The lowest BCUT2D eigenvalue weighted by atomic mass is 9.87. The summed E-state index contributed by atoms with van der Waals surface area (Å²) in [7, 11) is 2.00. The van der Waals surface area contributed by atoms with Crippen LogP contribution in [0.15, 0.2) is 24.3 Å². The Hall–Kier alpha value is -1.51. The van der Waals surface area contributed by atoms with Gasteiger partial charge in [-0.3, -0.25) is 4.79 Å². The topological polar surface area (TPSA) is 23.6 Å². The Bertz CT molecular complexity index is 520. The van der Waals surface area contributed by atoms with Gasteiger partial charge >= 0.3 is 0 Å². The average molecular weight is 300 g/mol. The predicted molar refractivity (Wildman–Crippen MR) is 91.2 cm³/mol. The smallest absolute Gasteiger partial charge is 0.242 e. The minimum absolute atomic E-state index is 0.274. The molecule has 0 unspecified atom stereocenters. The summed E-state index contributed by atoms with van der Waals surface area (Å²) in [5.74, 6) is 1.10. The second kappa shape index (κ2) is 6.72. The summed E-state index contributed by atoms with van der Waals surface area (Å²) in [4.78, 5) is 17.0. The number of amides is 1. The maximum Gasteiger partial charge on any atom is 0.242 e. The van der Waals surface area contributed by atoms with Gasteiger partial charge in [0.25, 0.3) is 0 Å². The molecule has 120 valence electrons. The van der Waals surface area contributed by atoms with Crippen LogP contribution in [0, 0.1) is 5.92 Å². The number of carbonyl (C=O) groups is 1. The Kier molecular flexibility index (Phi) is 4.70. The van der Waals surface area contributed by atoms with Crippen molar-refractivity contribution in [2.24, 2.45) is 5.92 Å². The highest BCUT2D eigenvalue weighted by Crippen LogP contribution is 2.28. The van der Waals surface area contributed by atoms with Crippen molar-refractivity contribution in [1.29, 1.82) is 0 Å². The molecule has 0 bridgehead atoms. The Balaban J connectivity index is 1.62. The third-order valence-electron chi connectivity index (χ3n) is 5.46. The fourth-order valence-corrected chi connectivity index (χ4v) is 3.88. The lowest BCUT2D eigenvalue weighted by molar-refractivity contribution is -0.131. The van der Waals surface area contributed by atoms with E-state index in [1.807, 2.05) is 11.9 Å². The molecule has 1 saturated carbocycles. The van der Waals surface area contributed by atoms with Crippen LogP contribution in [0.1, 0.15) is 44.6 Å². The van der Waals surface area contributed by atoms with Crippen molar-refractivity contribution in [2.45, 2.75) is 51.5 Å². The number of likely N-dealkylation sites (N-methyl/N-ethyl adjacent to an activating group) is 1. The van der Waals surface area contributed by atoms with E-state index in [-0.39, 0.29) is 5.91 Å². The van der Waals surface area contributed by atoms with Crippen molar-refractivity contribution in [1.82, 2.24) is 4.90 Å². The quantitative estimate of drug-likeness (QED) is 0.853. The minimum Gasteiger partial charge on any atom is -0.362 e. The summed E-state index contributed by atoms with van der Waals surface area (Å²) in [6.07, 6.45) is 7.13. The lowest BCUT2D eigenvalue weighted by Gasteiger charge is -2.36. The highest BCUT2D eigenvalue weighted by molar-refractivity contribution is 5.82. The number of carbonyl (C=O) groups excluding carboxylic acids is 1. The molecule has 1 aromatic carbocycles. The number of hydrogen-bond donors (Lipinski definition) is 0. The fourth-order valence-electron chi connectivity index (χ4n) is 3.88. The summed E-state index contributed by atoms with van der Waals surface area (Å²) in [5, 5.41) is 0. The van der Waals surface area contributed by atoms with E-state index >= 15 is 0 Å². The van der Waals surface area contributed by atoms with Gasteiger partial charge in [-0.15, -0.1) is 0 Å². The molecule has 0 atom stereocenters. The van der Waals surface area contributed by atoms with E-state index in [2.05, 4.69) is 36.1 Å². The van der Waals surface area contributed by atoms with Crippen molar-refractivity contribution in [3.8, 4) is 0 Å². The molecule has 3 nitrogen and oxygen atoms in total. The number of hydrogen-bond acceptors (Lipinski definition) is 2. The van der Waals surface area contributed by atoms with Gasteiger partial charge in [-0.1, -0.05) is 25.1 Å². The monoisotopic (exact) mass is 300 g/mol. The van der Waals surface area contributed by atoms with Crippen LogP contribution in [0.4, 0.5) is 5.69 Å². The van der Waals surface area contributed by atoms with Gasteiger partial charge < -0.3 is 9.80 Å². The first-order valence-corrected chi connectivity index (χ1v) is 8.73. The van der Waals surface area contributed by atoms with E-state index in [9.17, 15) is 4.79 Å². The lowest BCUT2D eigenvalue weighted by Crippen LogP contribution is -2.45. The zero-order valence-corrected chi connectivity index (χ0v) is 13.9. The molecular weight excluding hydrogens is 272 g/mol. The molecule has 2 aliphatic rings. The largest absolute Gasteiger partial charge is 0.362 e. The molecule has 1 aromatic rings. The highest BCUT2D eigenvalue weighted by Gasteiger charge is 2.26. The van der Waals surface area contributed by atoms with E-state index in [0.717, 1.165) is 25.3 Å². The molecular formula is C19H28N2O. The molecule has 1 aliphatic heterocycles. The molecule has 3 rings (SSSR count). The second-order valence-corrected chi connectivity index (χ2v) is 7.07. The van der Waals surface area contributed by atoms with Crippen molar-refractivity contribution in [3.05, 3.63) is 29.8 Å². The molecule has 1 fully saturated rings. The number of aryl methyl sites for hydroxylation is 1. The SMILES string of the molecule is CC1CCC(N(C)C(=O)CN2CCCc3ccccc32)CC1. The van der Waals surface area contributed by atoms with Gasteiger partial charge in [-0.05, 0) is 56.1 Å². The Morgan fingerprint density at radius 2 is 1.95 bits per heavy atom. The standard InChI is InChI=1S/C19H28N2O/c1-15-9-11-17(12-10-15)20(2)19(22)14-21-13-5-7-16-6-3-4-8-18(16)21/h3-4,6,8,15,17H,5,7,9-14H2,1-2H3. The second-order valence-electron chi connectivity index (χ2n) is 7.07. The van der Waals surface area contributed by atoms with Gasteiger partial charge in [0.15, 0.2) is 0 Å². The van der Waals surface area contributed by atoms with Gasteiger partial charge in [-0.25, -0.2) is 0 Å². The first kappa shape index (κ1) is 15.4. The molecule has 1 amide bonds. The van der Waals surface area contributed by atoms with Crippen molar-refractivity contribution in [2.75, 3.05) is 25.0 Å². The molecule has 1 aliphatic carbocycles. The zero-order valence-electron chi connectivity index (χ0n) is 13.9. The maximum absolute atomic E-state index is 12.7. The molecule has 0 saturated heterocycles. The van der Waals surface area contributed by atoms with Crippen LogP contribution in [0.5, 0.6) is 0 Å². The van der Waals surface area contributed by atoms with Gasteiger partial charge in [0, 0.05) is 25.3 Å². The van der Waals surface area contributed by atoms with E-state index in [1.165, 1.54) is 36.9 Å². The van der Waals surface area contributed by atoms with Gasteiger partial charge in [-0.2, -0.15) is 0 Å². The van der Waals surface area contributed by atoms with Crippen LogP contribution in [0.3, 0.4) is 0 Å². The number of fused-ring (bicyclic) bond motifs is 1. The average Bonchev–Trinajstić information content (AvgIpc) is 2.55. The number of benzene rings is 1. The molecule has 0 N–H and O–H groups in total. The zero-order chi connectivity index (χ0) is 15.5. The van der Waals surface area contributed by atoms with E-state index < -0.39 is 0 Å². The summed E-state index contributed by atoms with van der Waals surface area (Å²) in [6, 6.07) is 8.97. The summed E-state index contributed by atoms with van der Waals surface area (Å²) < 4.78 is 0. The van der Waals surface area contributed by atoms with Gasteiger partial charge in [0.05, 0.1) is 6.54 Å². The van der Waals surface area contributed by atoms with Crippen LogP contribution in [-0.4, -0.2) is 37.0 Å². The van der Waals surface area contributed by atoms with E-state index in [0.29, 0.717) is 12.6 Å². The fraction of sp³-hybridized carbons (Fsp3) is 0.632. The number of anilines is 1. The van der Waals surface area contributed by atoms with Crippen molar-refractivity contribution >= 4 is 11.6 Å². The molecule has 3 heteroatoms. The summed E-state index contributed by atoms with van der Waals surface area (Å²) in [6.45, 7) is 3.85. The Labute approximate surface area is 134 Å². The molecule has 0 spiro atoms. The molecule has 0 aromatic heterocycles. The van der Waals surface area contributed by atoms with Crippen LogP contribution in [0.2, 0.25) is 0 Å². The summed E-state index contributed by atoms with van der Waals surface area (Å²) in [5.41, 5.74) is 2.64. The first-order valence-electron chi connectivity index (χ1n) is 8.73. The van der Waals surface area contributed by atoms with Gasteiger partial charge in [0.2, 0.25) is 5.91 Å². The van der Waals surface area contributed by atoms with Crippen molar-refractivity contribution in [3.63, 3.8) is 0 Å². The van der Waals surface area contributed by atoms with E-state index in [4.69, 9.17) is 0 Å². The predicted octanol–water partition coefficient (Wildman–Crippen LogP) is 3.48. The van der Waals surface area contributed by atoms with Crippen LogP contribution >= 0.6 is 0 Å². The summed E-state index contributed by atoms with van der Waals surface area (Å²) >= 11 is 0. The van der Waals surface area contributed by atoms with E-state index in [1.54, 1.807) is 0 Å². The molecule has 22 heavy (non-hydrogen) atoms. The van der Waals surface area contributed by atoms with Crippen molar-refractivity contribution < 1.29 is 4.79 Å². The highest BCUT2D eigenvalue weighted by atomic mass is 16.2. The number of para-hydroxylation sites is 1. The first-order chi connectivity index (χ1) is 10.6. The Morgan fingerprint density at radius 3 is 2.73 bits per heavy atom. The maximum atomic E-state index is 12.7. The van der Waals surface area contributed by atoms with Gasteiger partial charge in [0.1, 0.15) is 0 Å². The normalized spacial score (nSPS) is 24.7. The third kappa shape index (κ3) is 3.29. The number of rotatable bonds is 3. The molecule has 0 radical (unpaired) electrons. The number of nitrogens with zero attached hydrogens (tertiary/aromatic N) is 2. The van der Waals surface area contributed by atoms with Crippen LogP contribution < -0.4 is 4.90 Å². The minimum atomic E-state index is 0.274. The molecule has 1 heterocycles. The van der Waals surface area contributed by atoms with Crippen LogP contribution in [0.25, 0.3) is 0 Å². The Morgan fingerprint density at radius 1 is 1.23 bits per heavy atom. The third-order valence-corrected chi connectivity index (χ3v) is 5.46. The van der Waals surface area contributed by atoms with Crippen LogP contribution in [-0.2, 0) is 11.2 Å².